The van der Waals surface area contributed by atoms with Gasteiger partial charge in [-0.15, -0.1) is 0 Å². The quantitative estimate of drug-likeness (QED) is 0.663. The van der Waals surface area contributed by atoms with Crippen molar-refractivity contribution in [2.24, 2.45) is 11.1 Å². The van der Waals surface area contributed by atoms with E-state index in [1.807, 2.05) is 0 Å². The Morgan fingerprint density at radius 3 is 2.37 bits per heavy atom. The summed E-state index contributed by atoms with van der Waals surface area (Å²) >= 11 is 0. The van der Waals surface area contributed by atoms with E-state index in [9.17, 15) is 0 Å². The molecule has 1 aromatic heterocycles. The van der Waals surface area contributed by atoms with Crippen LogP contribution in [-0.2, 0) is 0 Å². The second-order valence-electron chi connectivity index (χ2n) is 6.32. The van der Waals surface area contributed by atoms with Crippen LogP contribution in [0.15, 0.2) is 42.5 Å². The van der Waals surface area contributed by atoms with Gasteiger partial charge in [0.2, 0.25) is 0 Å². The lowest BCUT2D eigenvalue weighted by molar-refractivity contribution is 0.327. The molecule has 1 heterocycles. The first-order chi connectivity index (χ1) is 8.97. The van der Waals surface area contributed by atoms with Gasteiger partial charge in [-0.3, -0.25) is 0 Å². The number of nitrogens with one attached hydrogen (secondary N) is 1. The topological polar surface area (TPSA) is 41.8 Å². The Kier molecular flexibility index (Phi) is 2.64. The molecule has 0 amide bonds. The minimum absolute atomic E-state index is 0.0468. The molecular formula is C17H20N2. The molecular weight excluding hydrogens is 232 g/mol. The Morgan fingerprint density at radius 1 is 0.947 bits per heavy atom. The van der Waals surface area contributed by atoms with Crippen LogP contribution in [0.25, 0.3) is 21.8 Å². The van der Waals surface area contributed by atoms with Crippen molar-refractivity contribution in [1.82, 2.24) is 4.98 Å². The molecule has 0 bridgehead atoms. The molecule has 0 aliphatic carbocycles. The first-order valence-corrected chi connectivity index (χ1v) is 6.73. The Hall–Kier alpha value is -1.80. The number of rotatable bonds is 1. The van der Waals surface area contributed by atoms with Crippen molar-refractivity contribution in [1.29, 1.82) is 0 Å². The highest BCUT2D eigenvalue weighted by Crippen LogP contribution is 2.33. The molecule has 3 rings (SSSR count). The Bertz CT molecular complexity index is 732. The maximum absolute atomic E-state index is 6.37. The molecule has 2 aromatic carbocycles. The SMILES string of the molecule is CC(C)(C)C(N)c1ccc2[nH]c3ccccc3c2c1. The molecule has 1 atom stereocenters. The zero-order valence-electron chi connectivity index (χ0n) is 11.7. The number of fused-ring (bicyclic) bond motifs is 3. The largest absolute Gasteiger partial charge is 0.355 e. The second kappa shape index (κ2) is 4.10. The highest BCUT2D eigenvalue weighted by Gasteiger charge is 2.22. The van der Waals surface area contributed by atoms with Gasteiger partial charge in [0.05, 0.1) is 0 Å². The summed E-state index contributed by atoms with van der Waals surface area (Å²) in [5.74, 6) is 0. The molecule has 3 aromatic rings. The number of nitrogens with two attached hydrogens (primary N) is 1. The van der Waals surface area contributed by atoms with Crippen LogP contribution in [-0.4, -0.2) is 4.98 Å². The fourth-order valence-electron chi connectivity index (χ4n) is 2.56. The summed E-state index contributed by atoms with van der Waals surface area (Å²) < 4.78 is 0. The lowest BCUT2D eigenvalue weighted by Gasteiger charge is -2.27. The third-order valence-electron chi connectivity index (χ3n) is 3.82. The monoisotopic (exact) mass is 252 g/mol. The van der Waals surface area contributed by atoms with Crippen molar-refractivity contribution in [3.63, 3.8) is 0 Å². The number of aromatic nitrogens is 1. The Labute approximate surface area is 113 Å². The summed E-state index contributed by atoms with van der Waals surface area (Å²) in [4.78, 5) is 3.44. The molecule has 98 valence electrons. The van der Waals surface area contributed by atoms with Crippen LogP contribution < -0.4 is 5.73 Å². The number of hydrogen-bond acceptors (Lipinski definition) is 1. The van der Waals surface area contributed by atoms with Crippen LogP contribution in [0.5, 0.6) is 0 Å². The van der Waals surface area contributed by atoms with Gasteiger partial charge in [0.25, 0.3) is 0 Å². The second-order valence-corrected chi connectivity index (χ2v) is 6.32. The average Bonchev–Trinajstić information content (AvgIpc) is 2.74. The van der Waals surface area contributed by atoms with Crippen molar-refractivity contribution < 1.29 is 0 Å². The summed E-state index contributed by atoms with van der Waals surface area (Å²) in [7, 11) is 0. The third-order valence-corrected chi connectivity index (χ3v) is 3.82. The summed E-state index contributed by atoms with van der Waals surface area (Å²) in [6.07, 6.45) is 0. The van der Waals surface area contributed by atoms with Crippen LogP contribution in [0.2, 0.25) is 0 Å². The minimum Gasteiger partial charge on any atom is -0.355 e. The van der Waals surface area contributed by atoms with Crippen molar-refractivity contribution in [3.8, 4) is 0 Å². The van der Waals surface area contributed by atoms with E-state index in [1.54, 1.807) is 0 Å². The zero-order chi connectivity index (χ0) is 13.6. The lowest BCUT2D eigenvalue weighted by Crippen LogP contribution is -2.26. The molecule has 0 aliphatic heterocycles. The normalized spacial score (nSPS) is 14.1. The van der Waals surface area contributed by atoms with E-state index < -0.39 is 0 Å². The average molecular weight is 252 g/mol. The van der Waals surface area contributed by atoms with Gasteiger partial charge >= 0.3 is 0 Å². The molecule has 0 saturated heterocycles. The molecule has 0 aliphatic rings. The van der Waals surface area contributed by atoms with E-state index in [-0.39, 0.29) is 11.5 Å². The molecule has 3 N–H and O–H groups in total. The van der Waals surface area contributed by atoms with Gasteiger partial charge in [-0.05, 0) is 29.2 Å². The predicted molar refractivity (Wildman–Crippen MR) is 82.2 cm³/mol. The van der Waals surface area contributed by atoms with Crippen LogP contribution in [0, 0.1) is 5.41 Å². The van der Waals surface area contributed by atoms with Crippen LogP contribution >= 0.6 is 0 Å². The molecule has 2 nitrogen and oxygen atoms in total. The third kappa shape index (κ3) is 2.02. The molecule has 0 radical (unpaired) electrons. The molecule has 0 fully saturated rings. The standard InChI is InChI=1S/C17H20N2/c1-17(2,3)16(18)11-8-9-15-13(10-11)12-6-4-5-7-14(12)19-15/h4-10,16,19H,18H2,1-3H3. The fourth-order valence-corrected chi connectivity index (χ4v) is 2.56. The van der Waals surface area contributed by atoms with Gasteiger partial charge in [0.1, 0.15) is 0 Å². The van der Waals surface area contributed by atoms with Crippen LogP contribution in [0.4, 0.5) is 0 Å². The van der Waals surface area contributed by atoms with E-state index in [4.69, 9.17) is 5.73 Å². The van der Waals surface area contributed by atoms with Crippen molar-refractivity contribution >= 4 is 21.8 Å². The van der Waals surface area contributed by atoms with Gasteiger partial charge in [-0.1, -0.05) is 45.0 Å². The van der Waals surface area contributed by atoms with Crippen LogP contribution in [0.1, 0.15) is 32.4 Å². The number of H-pyrrole nitrogens is 1. The smallest absolute Gasteiger partial charge is 0.0465 e. The molecule has 0 spiro atoms. The molecule has 2 heteroatoms. The van der Waals surface area contributed by atoms with E-state index in [0.717, 1.165) is 0 Å². The number of benzene rings is 2. The summed E-state index contributed by atoms with van der Waals surface area (Å²) in [6, 6.07) is 14.9. The van der Waals surface area contributed by atoms with Crippen molar-refractivity contribution in [2.75, 3.05) is 0 Å². The van der Waals surface area contributed by atoms with E-state index >= 15 is 0 Å². The van der Waals surface area contributed by atoms with E-state index in [1.165, 1.54) is 27.4 Å². The highest BCUT2D eigenvalue weighted by atomic mass is 14.7. The Balaban J connectivity index is 2.22. The maximum Gasteiger partial charge on any atom is 0.0465 e. The summed E-state index contributed by atoms with van der Waals surface area (Å²) in [5, 5.41) is 2.52. The van der Waals surface area contributed by atoms with Crippen molar-refractivity contribution in [3.05, 3.63) is 48.0 Å². The number of aromatic amines is 1. The first kappa shape index (κ1) is 12.2. The maximum atomic E-state index is 6.37. The molecule has 1 unspecified atom stereocenters. The van der Waals surface area contributed by atoms with Gasteiger partial charge < -0.3 is 10.7 Å². The number of para-hydroxylation sites is 1. The van der Waals surface area contributed by atoms with Gasteiger partial charge in [-0.25, -0.2) is 0 Å². The van der Waals surface area contributed by atoms with Crippen LogP contribution in [0.3, 0.4) is 0 Å². The summed E-state index contributed by atoms with van der Waals surface area (Å²) in [5.41, 5.74) is 9.99. The van der Waals surface area contributed by atoms with Crippen molar-refractivity contribution in [2.45, 2.75) is 26.8 Å². The number of hydrogen-bond donors (Lipinski definition) is 2. The Morgan fingerprint density at radius 2 is 1.63 bits per heavy atom. The minimum atomic E-state index is 0.0468. The van der Waals surface area contributed by atoms with E-state index in [2.05, 4.69) is 68.2 Å². The van der Waals surface area contributed by atoms with Gasteiger partial charge in [0, 0.05) is 27.8 Å². The highest BCUT2D eigenvalue weighted by molar-refractivity contribution is 6.07. The molecule has 19 heavy (non-hydrogen) atoms. The summed E-state index contributed by atoms with van der Waals surface area (Å²) in [6.45, 7) is 6.53. The lowest BCUT2D eigenvalue weighted by atomic mass is 9.83. The first-order valence-electron chi connectivity index (χ1n) is 6.73. The molecule has 0 saturated carbocycles. The predicted octanol–water partition coefficient (Wildman–Crippen LogP) is 4.37. The zero-order valence-corrected chi connectivity index (χ0v) is 11.7. The van der Waals surface area contributed by atoms with E-state index in [0.29, 0.717) is 0 Å². The fraction of sp³-hybridized carbons (Fsp3) is 0.294. The van der Waals surface area contributed by atoms with Gasteiger partial charge in [-0.2, -0.15) is 0 Å². The van der Waals surface area contributed by atoms with Gasteiger partial charge in [0.15, 0.2) is 0 Å².